The molecule has 0 aliphatic carbocycles. The first-order valence-corrected chi connectivity index (χ1v) is 28.1. The van der Waals surface area contributed by atoms with Gasteiger partial charge in [-0.2, -0.15) is 20.6 Å². The highest BCUT2D eigenvalue weighted by atomic mass is 35.5. The number of aromatic nitrogens is 9. The van der Waals surface area contributed by atoms with Crippen LogP contribution in [0.2, 0.25) is 40.2 Å². The molecule has 3 aromatic heterocycles. The van der Waals surface area contributed by atoms with E-state index in [9.17, 15) is 14.4 Å². The van der Waals surface area contributed by atoms with Crippen molar-refractivity contribution in [3.05, 3.63) is 177 Å². The Morgan fingerprint density at radius 2 is 1.00 bits per heavy atom. The summed E-state index contributed by atoms with van der Waals surface area (Å²) in [6.45, 7) is 4.52. The zero-order valence-corrected chi connectivity index (χ0v) is 49.1. The van der Waals surface area contributed by atoms with E-state index in [2.05, 4.69) is 53.8 Å². The maximum Gasteiger partial charge on any atom is 0.360 e. The molecule has 400 valence electrons. The van der Waals surface area contributed by atoms with Gasteiger partial charge in [-0.05, 0) is 104 Å². The van der Waals surface area contributed by atoms with Gasteiger partial charge in [0.1, 0.15) is 17.1 Å². The second-order valence-corrected chi connectivity index (χ2v) is 21.5. The van der Waals surface area contributed by atoms with Crippen molar-refractivity contribution < 1.29 is 33.7 Å². The first-order valence-electron chi connectivity index (χ1n) is 21.7. The third-order valence-corrected chi connectivity index (χ3v) is 15.7. The number of carbonyl (C=O) groups is 3. The summed E-state index contributed by atoms with van der Waals surface area (Å²) in [5, 5.41) is 41.0. The van der Waals surface area contributed by atoms with Crippen LogP contribution in [0, 0.1) is 0 Å². The molecule has 0 bridgehead atoms. The molecule has 0 aliphatic heterocycles. The van der Waals surface area contributed by atoms with Gasteiger partial charge in [-0.3, -0.25) is 0 Å². The number of halogens is 8. The van der Waals surface area contributed by atoms with Crippen LogP contribution in [0.1, 0.15) is 68.0 Å². The van der Waals surface area contributed by atoms with Crippen molar-refractivity contribution in [3.8, 4) is 5.75 Å². The number of hydrogen-bond acceptors (Lipinski definition) is 16. The summed E-state index contributed by atoms with van der Waals surface area (Å²) in [5.74, 6) is 0.0289. The Hall–Kier alpha value is -4.55. The van der Waals surface area contributed by atoms with E-state index in [0.717, 1.165) is 30.9 Å². The Morgan fingerprint density at radius 1 is 0.566 bits per heavy atom. The Labute approximate surface area is 494 Å². The first kappa shape index (κ1) is 62.3. The molecule has 0 amide bonds. The molecule has 28 heteroatoms. The molecule has 0 saturated heterocycles. The number of aromatic amines is 2. The average molecular weight is 1270 g/mol. The van der Waals surface area contributed by atoms with Gasteiger partial charge in [-0.25, -0.2) is 19.1 Å². The number of nitrogens with one attached hydrogen (secondary N) is 2. The maximum absolute atomic E-state index is 12.3. The summed E-state index contributed by atoms with van der Waals surface area (Å²) in [6.07, 6.45) is 0. The van der Waals surface area contributed by atoms with Gasteiger partial charge in [-0.1, -0.05) is 110 Å². The van der Waals surface area contributed by atoms with E-state index in [4.69, 9.17) is 112 Å². The molecule has 76 heavy (non-hydrogen) atoms. The lowest BCUT2D eigenvalue weighted by Gasteiger charge is -2.09. The van der Waals surface area contributed by atoms with Gasteiger partial charge in [-0.15, -0.1) is 63.2 Å². The predicted octanol–water partition coefficient (Wildman–Crippen LogP) is 15.1. The number of ether oxygens (including phenoxy) is 3. The van der Waals surface area contributed by atoms with E-state index in [1.807, 2.05) is 36.4 Å². The number of carboxylic acids is 1. The van der Waals surface area contributed by atoms with Crippen molar-refractivity contribution in [2.24, 2.45) is 0 Å². The fraction of sp³-hybridized carbons (Fsp3) is 0.188. The van der Waals surface area contributed by atoms with E-state index >= 15 is 0 Å². The lowest BCUT2D eigenvalue weighted by atomic mass is 10.2. The van der Waals surface area contributed by atoms with Crippen LogP contribution < -0.4 is 4.74 Å². The van der Waals surface area contributed by atoms with Gasteiger partial charge in [0.15, 0.2) is 17.1 Å². The molecular formula is C48H41Cl8N9O7S4. The van der Waals surface area contributed by atoms with Gasteiger partial charge in [0.25, 0.3) is 0 Å². The number of methoxy groups -OCH3 is 1. The fourth-order valence-electron chi connectivity index (χ4n) is 5.75. The predicted molar refractivity (Wildman–Crippen MR) is 306 cm³/mol. The van der Waals surface area contributed by atoms with Crippen LogP contribution in [-0.2, 0) is 33.3 Å². The Balaban J connectivity index is 0.000000200. The fourth-order valence-corrected chi connectivity index (χ4v) is 10.1. The standard InChI is InChI=1S/C20H19Cl2N3O3S.C12H11Cl2N3O2S.C10H7Cl2N3O2S.C6H4Cl2S/c1-3-28-20(26)19-18(12-29-15-8-9-16(21)17(22)10-15)25(24-23-19)11-13-4-6-14(27-2)7-5-13;1-2-19-12(18)11-10(15-17-16-11)6-20-7-3-4-8(13)9(14)5-7;11-6-2-1-5(3-7(6)12)18-4-8-9(10(16)17)14-15-13-8;7-5-2-1-4(9)3-6(5)8/h4-10H,3,11-12H2,1-2H3;3-5H,2,6H2,1H3,(H,15,16,17);1-3H,4H2,(H,16,17)(H,13,14,15);1-3,9H. The molecule has 0 spiro atoms. The third-order valence-electron chi connectivity index (χ3n) is 9.41. The summed E-state index contributed by atoms with van der Waals surface area (Å²) in [5.41, 5.74) is 2.97. The molecule has 3 heterocycles. The van der Waals surface area contributed by atoms with Crippen molar-refractivity contribution in [3.63, 3.8) is 0 Å². The van der Waals surface area contributed by atoms with Crippen LogP contribution in [-0.4, -0.2) is 89.2 Å². The molecule has 0 aliphatic rings. The van der Waals surface area contributed by atoms with Gasteiger partial charge in [0.05, 0.1) is 72.7 Å². The first-order chi connectivity index (χ1) is 36.4. The summed E-state index contributed by atoms with van der Waals surface area (Å²) in [6, 6.07) is 28.8. The molecule has 8 rings (SSSR count). The topological polar surface area (TPSA) is 213 Å². The molecular weight excluding hydrogens is 1230 g/mol. The maximum atomic E-state index is 12.3. The highest BCUT2D eigenvalue weighted by molar-refractivity contribution is 7.99. The molecule has 8 aromatic rings. The molecule has 16 nitrogen and oxygen atoms in total. The van der Waals surface area contributed by atoms with Crippen molar-refractivity contribution >= 4 is 159 Å². The Morgan fingerprint density at radius 3 is 1.43 bits per heavy atom. The third kappa shape index (κ3) is 19.4. The molecule has 0 atom stereocenters. The highest BCUT2D eigenvalue weighted by Crippen LogP contribution is 2.33. The number of carbonyl (C=O) groups excluding carboxylic acids is 2. The molecule has 5 aromatic carbocycles. The minimum absolute atomic E-state index is 0.0671. The number of carboxylic acid groups (broad SMARTS) is 1. The van der Waals surface area contributed by atoms with E-state index < -0.39 is 17.9 Å². The monoisotopic (exact) mass is 1260 g/mol. The second kappa shape index (κ2) is 31.8. The van der Waals surface area contributed by atoms with Crippen LogP contribution in [0.25, 0.3) is 0 Å². The molecule has 0 unspecified atom stereocenters. The Bertz CT molecular complexity index is 3230. The number of rotatable bonds is 17. The minimum Gasteiger partial charge on any atom is -0.497 e. The van der Waals surface area contributed by atoms with Crippen LogP contribution in [0.5, 0.6) is 5.75 Å². The summed E-state index contributed by atoms with van der Waals surface area (Å²) in [7, 11) is 1.62. The van der Waals surface area contributed by atoms with Crippen LogP contribution in [0.15, 0.2) is 117 Å². The number of thiol groups is 1. The highest BCUT2D eigenvalue weighted by Gasteiger charge is 2.22. The van der Waals surface area contributed by atoms with Crippen molar-refractivity contribution in [1.29, 1.82) is 0 Å². The lowest BCUT2D eigenvalue weighted by Crippen LogP contribution is -2.11. The number of hydrogen-bond donors (Lipinski definition) is 4. The number of H-pyrrole nitrogens is 2. The summed E-state index contributed by atoms with van der Waals surface area (Å²) < 4.78 is 16.9. The van der Waals surface area contributed by atoms with E-state index in [-0.39, 0.29) is 23.7 Å². The summed E-state index contributed by atoms with van der Waals surface area (Å²) >= 11 is 55.3. The number of benzene rings is 5. The number of aromatic carboxylic acids is 1. The van der Waals surface area contributed by atoms with E-state index in [0.29, 0.717) is 87.7 Å². The zero-order valence-electron chi connectivity index (χ0n) is 39.7. The van der Waals surface area contributed by atoms with Gasteiger partial charge in [0.2, 0.25) is 0 Å². The number of thioether (sulfide) groups is 3. The van der Waals surface area contributed by atoms with Gasteiger partial charge < -0.3 is 19.3 Å². The molecule has 3 N–H and O–H groups in total. The van der Waals surface area contributed by atoms with Crippen LogP contribution >= 0.6 is 141 Å². The lowest BCUT2D eigenvalue weighted by molar-refractivity contribution is 0.0508. The van der Waals surface area contributed by atoms with E-state index in [1.165, 1.54) is 35.3 Å². The largest absolute Gasteiger partial charge is 0.497 e. The van der Waals surface area contributed by atoms with Crippen molar-refractivity contribution in [2.45, 2.75) is 57.2 Å². The molecule has 0 radical (unpaired) electrons. The quantitative estimate of drug-likeness (QED) is 0.0379. The van der Waals surface area contributed by atoms with Crippen molar-refractivity contribution in [1.82, 2.24) is 45.8 Å². The van der Waals surface area contributed by atoms with E-state index in [1.54, 1.807) is 86.3 Å². The van der Waals surface area contributed by atoms with Gasteiger partial charge in [0, 0.05) is 36.8 Å². The molecule has 0 fully saturated rings. The minimum atomic E-state index is -1.10. The van der Waals surface area contributed by atoms with Crippen molar-refractivity contribution in [2.75, 3.05) is 20.3 Å². The second-order valence-electron chi connectivity index (χ2n) is 14.6. The summed E-state index contributed by atoms with van der Waals surface area (Å²) in [4.78, 5) is 38.3. The zero-order chi connectivity index (χ0) is 55.3. The SMILES string of the molecule is CCOC(=O)c1n[nH]nc1CSc1ccc(Cl)c(Cl)c1.CCOC(=O)c1nnn(Cc2ccc(OC)cc2)c1CSc1ccc(Cl)c(Cl)c1.O=C(O)c1n[nH]nc1CSc1ccc(Cl)c(Cl)c1.Sc1ccc(Cl)c(Cl)c1. The van der Waals surface area contributed by atoms with Crippen LogP contribution in [0.4, 0.5) is 0 Å². The average Bonchev–Trinajstić information content (AvgIpc) is 4.18. The van der Waals surface area contributed by atoms with Crippen LogP contribution in [0.3, 0.4) is 0 Å². The number of nitrogens with zero attached hydrogens (tertiary/aromatic N) is 7. The number of esters is 2. The smallest absolute Gasteiger partial charge is 0.360 e. The Kier molecular flexibility index (Phi) is 26.0. The normalized spacial score (nSPS) is 10.5. The molecule has 0 saturated carbocycles. The van der Waals surface area contributed by atoms with Gasteiger partial charge >= 0.3 is 17.9 Å².